The Hall–Kier alpha value is -3.40. The van der Waals surface area contributed by atoms with Gasteiger partial charge in [-0.3, -0.25) is 14.3 Å². The Morgan fingerprint density at radius 3 is 2.07 bits per heavy atom. The monoisotopic (exact) mass is 420 g/mol. The molecule has 0 unspecified atom stereocenters. The summed E-state index contributed by atoms with van der Waals surface area (Å²) in [6.07, 6.45) is -0.665. The molecule has 2 aromatic rings. The Bertz CT molecular complexity index is 1000. The first-order valence-corrected chi connectivity index (χ1v) is 10.0. The zero-order valence-corrected chi connectivity index (χ0v) is 16.3. The molecule has 0 bridgehead atoms. The van der Waals surface area contributed by atoms with E-state index >= 15 is 0 Å². The number of nitrogens with one attached hydrogen (secondary N) is 2. The van der Waals surface area contributed by atoms with Crippen molar-refractivity contribution >= 4 is 33.6 Å². The molecule has 0 aliphatic rings. The summed E-state index contributed by atoms with van der Waals surface area (Å²) < 4.78 is 27.1. The van der Waals surface area contributed by atoms with Gasteiger partial charge in [-0.2, -0.15) is 0 Å². The van der Waals surface area contributed by atoms with E-state index in [0.29, 0.717) is 0 Å². The minimum atomic E-state index is -3.79. The van der Waals surface area contributed by atoms with Crippen LogP contribution < -0.4 is 10.0 Å². The molecule has 9 nitrogen and oxygen atoms in total. The highest BCUT2D eigenvalue weighted by Gasteiger charge is 2.22. The fourth-order valence-electron chi connectivity index (χ4n) is 2.39. The molecule has 0 radical (unpaired) electrons. The summed E-state index contributed by atoms with van der Waals surface area (Å²) in [6, 6.07) is 10.3. The minimum absolute atomic E-state index is 0.0904. The Kier molecular flexibility index (Phi) is 6.94. The van der Waals surface area contributed by atoms with Crippen LogP contribution >= 0.6 is 0 Å². The van der Waals surface area contributed by atoms with Crippen molar-refractivity contribution in [2.75, 3.05) is 4.72 Å². The van der Waals surface area contributed by atoms with Gasteiger partial charge in [0.15, 0.2) is 0 Å². The first-order valence-electron chi connectivity index (χ1n) is 8.53. The second kappa shape index (κ2) is 9.20. The van der Waals surface area contributed by atoms with Gasteiger partial charge in [0.25, 0.3) is 15.9 Å². The highest BCUT2D eigenvalue weighted by Crippen LogP contribution is 2.17. The van der Waals surface area contributed by atoms with Crippen molar-refractivity contribution in [2.45, 2.75) is 30.7 Å². The molecular formula is C19H20N2O7S. The van der Waals surface area contributed by atoms with E-state index < -0.39 is 40.3 Å². The molecular weight excluding hydrogens is 400 g/mol. The van der Waals surface area contributed by atoms with Gasteiger partial charge in [0.05, 0.1) is 4.90 Å². The predicted octanol–water partition coefficient (Wildman–Crippen LogP) is 1.84. The summed E-state index contributed by atoms with van der Waals surface area (Å²) in [4.78, 5) is 34.0. The maximum atomic E-state index is 12.4. The highest BCUT2D eigenvalue weighted by molar-refractivity contribution is 7.92. The number of aliphatic carboxylic acids is 2. The lowest BCUT2D eigenvalue weighted by molar-refractivity contribution is -0.140. The fraction of sp³-hybridized carbons (Fsp3) is 0.211. The van der Waals surface area contributed by atoms with Crippen LogP contribution in [0.1, 0.15) is 28.8 Å². The van der Waals surface area contributed by atoms with E-state index in [0.717, 1.165) is 5.56 Å². The molecule has 2 rings (SSSR count). The van der Waals surface area contributed by atoms with Crippen LogP contribution in [0.4, 0.5) is 5.69 Å². The van der Waals surface area contributed by atoms with Gasteiger partial charge in [0, 0.05) is 17.7 Å². The fourth-order valence-corrected chi connectivity index (χ4v) is 3.45. The number of carbonyl (C=O) groups excluding carboxylic acids is 1. The molecule has 0 saturated carbocycles. The summed E-state index contributed by atoms with van der Waals surface area (Å²) in [5.41, 5.74) is 1.25. The molecule has 2 aromatic carbocycles. The van der Waals surface area contributed by atoms with Crippen molar-refractivity contribution in [3.8, 4) is 0 Å². The Labute approximate surface area is 167 Å². The number of carbonyl (C=O) groups is 3. The van der Waals surface area contributed by atoms with Crippen molar-refractivity contribution in [1.82, 2.24) is 5.32 Å². The Morgan fingerprint density at radius 1 is 0.966 bits per heavy atom. The zero-order valence-electron chi connectivity index (χ0n) is 15.5. The predicted molar refractivity (Wildman–Crippen MR) is 104 cm³/mol. The van der Waals surface area contributed by atoms with Crippen molar-refractivity contribution in [3.63, 3.8) is 0 Å². The SMILES string of the molecule is Cc1ccc(S(=O)(=O)Nc2ccc(C(=O)N[C@H](CCC(=O)O)C(=O)O)cc2)cc1. The lowest BCUT2D eigenvalue weighted by Gasteiger charge is -2.14. The number of benzene rings is 2. The maximum absolute atomic E-state index is 12.4. The zero-order chi connectivity index (χ0) is 21.6. The summed E-state index contributed by atoms with van der Waals surface area (Å²) in [5.74, 6) is -3.23. The number of hydrogen-bond donors (Lipinski definition) is 4. The number of sulfonamides is 1. The minimum Gasteiger partial charge on any atom is -0.481 e. The number of aryl methyl sites for hydroxylation is 1. The molecule has 4 N–H and O–H groups in total. The number of carboxylic acid groups (broad SMARTS) is 2. The van der Waals surface area contributed by atoms with Crippen LogP contribution in [0.3, 0.4) is 0 Å². The molecule has 0 aliphatic carbocycles. The third-order valence-electron chi connectivity index (χ3n) is 3.98. The first-order chi connectivity index (χ1) is 13.6. The van der Waals surface area contributed by atoms with E-state index in [2.05, 4.69) is 10.0 Å². The van der Waals surface area contributed by atoms with Gasteiger partial charge in [-0.1, -0.05) is 17.7 Å². The lowest BCUT2D eigenvalue weighted by atomic mass is 10.1. The number of hydrogen-bond acceptors (Lipinski definition) is 5. The maximum Gasteiger partial charge on any atom is 0.326 e. The Balaban J connectivity index is 2.06. The van der Waals surface area contributed by atoms with Crippen LogP contribution in [0.25, 0.3) is 0 Å². The molecule has 0 saturated heterocycles. The molecule has 0 heterocycles. The average Bonchev–Trinajstić information content (AvgIpc) is 2.65. The summed E-state index contributed by atoms with van der Waals surface area (Å²) in [6.45, 7) is 1.84. The normalized spacial score (nSPS) is 12.0. The number of rotatable bonds is 9. The molecule has 1 amide bonds. The van der Waals surface area contributed by atoms with Gasteiger partial charge in [-0.25, -0.2) is 13.2 Å². The third kappa shape index (κ3) is 6.32. The van der Waals surface area contributed by atoms with E-state index in [1.165, 1.54) is 36.4 Å². The molecule has 0 aromatic heterocycles. The quantitative estimate of drug-likeness (QED) is 0.483. The number of anilines is 1. The van der Waals surface area contributed by atoms with Gasteiger partial charge in [0.1, 0.15) is 6.04 Å². The average molecular weight is 420 g/mol. The van der Waals surface area contributed by atoms with Crippen molar-refractivity contribution in [2.24, 2.45) is 0 Å². The third-order valence-corrected chi connectivity index (χ3v) is 5.38. The van der Waals surface area contributed by atoms with E-state index in [1.54, 1.807) is 12.1 Å². The van der Waals surface area contributed by atoms with Gasteiger partial charge in [-0.15, -0.1) is 0 Å². The molecule has 0 spiro atoms. The molecule has 1 atom stereocenters. The van der Waals surface area contributed by atoms with Crippen molar-refractivity contribution in [1.29, 1.82) is 0 Å². The second-order valence-corrected chi connectivity index (χ2v) is 7.98. The lowest BCUT2D eigenvalue weighted by Crippen LogP contribution is -2.41. The van der Waals surface area contributed by atoms with Gasteiger partial charge < -0.3 is 15.5 Å². The van der Waals surface area contributed by atoms with Gasteiger partial charge in [-0.05, 0) is 49.7 Å². The van der Waals surface area contributed by atoms with Crippen LogP contribution in [0.2, 0.25) is 0 Å². The van der Waals surface area contributed by atoms with Crippen LogP contribution in [-0.4, -0.2) is 42.5 Å². The molecule has 0 fully saturated rings. The number of carboxylic acids is 2. The van der Waals surface area contributed by atoms with Crippen molar-refractivity contribution < 1.29 is 33.0 Å². The first kappa shape index (κ1) is 21.9. The van der Waals surface area contributed by atoms with E-state index in [-0.39, 0.29) is 22.6 Å². The topological polar surface area (TPSA) is 150 Å². The van der Waals surface area contributed by atoms with E-state index in [1.807, 2.05) is 6.92 Å². The van der Waals surface area contributed by atoms with E-state index in [4.69, 9.17) is 10.2 Å². The second-order valence-electron chi connectivity index (χ2n) is 6.29. The van der Waals surface area contributed by atoms with Crippen LogP contribution in [0.5, 0.6) is 0 Å². The van der Waals surface area contributed by atoms with Crippen LogP contribution in [-0.2, 0) is 19.6 Å². The summed E-state index contributed by atoms with van der Waals surface area (Å²) in [5, 5.41) is 20.0. The summed E-state index contributed by atoms with van der Waals surface area (Å²) >= 11 is 0. The smallest absolute Gasteiger partial charge is 0.326 e. The van der Waals surface area contributed by atoms with Crippen LogP contribution in [0, 0.1) is 6.92 Å². The largest absolute Gasteiger partial charge is 0.481 e. The molecule has 29 heavy (non-hydrogen) atoms. The van der Waals surface area contributed by atoms with Gasteiger partial charge in [0.2, 0.25) is 0 Å². The molecule has 10 heteroatoms. The summed E-state index contributed by atoms with van der Waals surface area (Å²) in [7, 11) is -3.79. The highest BCUT2D eigenvalue weighted by atomic mass is 32.2. The molecule has 154 valence electrons. The van der Waals surface area contributed by atoms with Crippen molar-refractivity contribution in [3.05, 3.63) is 59.7 Å². The van der Waals surface area contributed by atoms with Crippen LogP contribution in [0.15, 0.2) is 53.4 Å². The van der Waals surface area contributed by atoms with E-state index in [9.17, 15) is 22.8 Å². The van der Waals surface area contributed by atoms with Gasteiger partial charge >= 0.3 is 11.9 Å². The standard InChI is InChI=1S/C19H20N2O7S/c1-12-2-8-15(9-3-12)29(27,28)21-14-6-4-13(5-7-14)18(24)20-16(19(25)26)10-11-17(22)23/h2-9,16,21H,10-11H2,1H3,(H,20,24)(H,22,23)(H,25,26)/t16-/m1/s1. The Morgan fingerprint density at radius 2 is 1.55 bits per heavy atom. The molecule has 0 aliphatic heterocycles. The number of amides is 1.